The first-order valence-electron chi connectivity index (χ1n) is 11.8. The number of likely N-dealkylation sites (tertiary alicyclic amines) is 1. The summed E-state index contributed by atoms with van der Waals surface area (Å²) in [6.45, 7) is 5.51. The number of amides is 4. The predicted molar refractivity (Wildman–Crippen MR) is 122 cm³/mol. The second kappa shape index (κ2) is 9.99. The van der Waals surface area contributed by atoms with Gasteiger partial charge in [0, 0.05) is 38.5 Å². The fourth-order valence-corrected chi connectivity index (χ4v) is 5.23. The van der Waals surface area contributed by atoms with Gasteiger partial charge in [-0.2, -0.15) is 0 Å². The molecule has 3 aliphatic heterocycles. The average molecular weight is 459 g/mol. The summed E-state index contributed by atoms with van der Waals surface area (Å²) in [5.74, 6) is 1.01. The van der Waals surface area contributed by atoms with Gasteiger partial charge in [0.2, 0.25) is 5.91 Å². The van der Waals surface area contributed by atoms with Crippen LogP contribution in [0.4, 0.5) is 4.79 Å². The lowest BCUT2D eigenvalue weighted by molar-refractivity contribution is -0.129. The van der Waals surface area contributed by atoms with Gasteiger partial charge in [-0.15, -0.1) is 0 Å². The van der Waals surface area contributed by atoms with Crippen molar-refractivity contribution in [2.75, 3.05) is 40.4 Å². The van der Waals surface area contributed by atoms with Gasteiger partial charge in [0.05, 0.1) is 14.2 Å². The maximum Gasteiger partial charge on any atom is 0.327 e. The minimum Gasteiger partial charge on any atom is -0.493 e. The van der Waals surface area contributed by atoms with E-state index in [0.717, 1.165) is 30.6 Å². The summed E-state index contributed by atoms with van der Waals surface area (Å²) in [7, 11) is 3.15. The molecule has 3 aliphatic rings. The second-order valence-corrected chi connectivity index (χ2v) is 8.93. The Balaban J connectivity index is 1.30. The van der Waals surface area contributed by atoms with E-state index in [9.17, 15) is 14.4 Å². The number of carbonyl (C=O) groups excluding carboxylic acids is 3. The van der Waals surface area contributed by atoms with Crippen LogP contribution in [0.25, 0.3) is 0 Å². The van der Waals surface area contributed by atoms with E-state index in [1.165, 1.54) is 11.3 Å². The number of urea groups is 1. The molecule has 3 heterocycles. The van der Waals surface area contributed by atoms with Crippen molar-refractivity contribution in [2.24, 2.45) is 0 Å². The van der Waals surface area contributed by atoms with Crippen LogP contribution in [-0.2, 0) is 22.6 Å². The molecular weight excluding hydrogens is 424 g/mol. The molecule has 0 aromatic heterocycles. The van der Waals surface area contributed by atoms with Crippen LogP contribution in [0.5, 0.6) is 11.5 Å². The molecule has 1 N–H and O–H groups in total. The lowest BCUT2D eigenvalue weighted by Gasteiger charge is -2.29. The lowest BCUT2D eigenvalue weighted by atomic mass is 9.94. The van der Waals surface area contributed by atoms with Gasteiger partial charge < -0.3 is 19.7 Å². The van der Waals surface area contributed by atoms with Gasteiger partial charge >= 0.3 is 6.03 Å². The van der Waals surface area contributed by atoms with Gasteiger partial charge in [0.1, 0.15) is 6.04 Å². The summed E-state index contributed by atoms with van der Waals surface area (Å²) in [6.07, 6.45) is 3.50. The molecule has 1 aromatic carbocycles. The van der Waals surface area contributed by atoms with Crippen LogP contribution < -0.4 is 14.8 Å². The first-order chi connectivity index (χ1) is 16.0. The van der Waals surface area contributed by atoms with E-state index in [2.05, 4.69) is 17.1 Å². The molecule has 33 heavy (non-hydrogen) atoms. The predicted octanol–water partition coefficient (Wildman–Crippen LogP) is 1.77. The van der Waals surface area contributed by atoms with E-state index in [-0.39, 0.29) is 24.4 Å². The highest BCUT2D eigenvalue weighted by molar-refractivity contribution is 6.04. The maximum atomic E-state index is 13.0. The van der Waals surface area contributed by atoms with Crippen molar-refractivity contribution in [3.05, 3.63) is 23.3 Å². The first kappa shape index (κ1) is 23.4. The normalized spacial score (nSPS) is 22.4. The highest BCUT2D eigenvalue weighted by Gasteiger charge is 2.47. The monoisotopic (exact) mass is 458 g/mol. The van der Waals surface area contributed by atoms with E-state index in [4.69, 9.17) is 9.47 Å². The van der Waals surface area contributed by atoms with Gasteiger partial charge in [-0.1, -0.05) is 6.92 Å². The number of hydrogen-bond donors (Lipinski definition) is 1. The first-order valence-corrected chi connectivity index (χ1v) is 11.8. The Hall–Kier alpha value is -2.81. The van der Waals surface area contributed by atoms with E-state index >= 15 is 0 Å². The van der Waals surface area contributed by atoms with Gasteiger partial charge in [-0.05, 0) is 55.6 Å². The van der Waals surface area contributed by atoms with E-state index in [1.54, 1.807) is 19.1 Å². The third-order valence-corrected chi connectivity index (χ3v) is 7.09. The Morgan fingerprint density at radius 3 is 2.58 bits per heavy atom. The number of carbonyl (C=O) groups is 3. The Morgan fingerprint density at radius 1 is 1.15 bits per heavy atom. The van der Waals surface area contributed by atoms with Crippen molar-refractivity contribution >= 4 is 17.8 Å². The topological polar surface area (TPSA) is 91.4 Å². The van der Waals surface area contributed by atoms with Crippen LogP contribution in [0.15, 0.2) is 12.1 Å². The Bertz CT molecular complexity index is 869. The standard InChI is InChI=1S/C24H34N4O5/c1-4-26-9-5-7-18(26)14-25-22(29)8-6-10-27-23(30)19-11-16-12-20(32-2)21(33-3)13-17(16)15-28(19)24(27)31/h12-13,18-19H,4-11,14-15H2,1-3H3,(H,25,29)/t18-,19+/m1/s1. The number of nitrogens with one attached hydrogen (secondary N) is 1. The number of ether oxygens (including phenoxy) is 2. The van der Waals surface area contributed by atoms with Crippen LogP contribution >= 0.6 is 0 Å². The summed E-state index contributed by atoms with van der Waals surface area (Å²) in [4.78, 5) is 43.5. The molecule has 0 spiro atoms. The quantitative estimate of drug-likeness (QED) is 0.567. The lowest BCUT2D eigenvalue weighted by Crippen LogP contribution is -2.40. The molecule has 9 heteroatoms. The zero-order chi connectivity index (χ0) is 23.5. The average Bonchev–Trinajstić information content (AvgIpc) is 3.38. The number of fused-ring (bicyclic) bond motifs is 2. The molecule has 0 unspecified atom stereocenters. The molecule has 4 amide bonds. The number of benzene rings is 1. The molecule has 0 saturated carbocycles. The molecule has 2 atom stereocenters. The van der Waals surface area contributed by atoms with Crippen molar-refractivity contribution < 1.29 is 23.9 Å². The maximum absolute atomic E-state index is 13.0. The second-order valence-electron chi connectivity index (χ2n) is 8.93. The minimum atomic E-state index is -0.501. The van der Waals surface area contributed by atoms with Crippen LogP contribution in [-0.4, -0.2) is 85.0 Å². The third-order valence-electron chi connectivity index (χ3n) is 7.09. The van der Waals surface area contributed by atoms with E-state index < -0.39 is 6.04 Å². The van der Waals surface area contributed by atoms with Crippen LogP contribution in [0.2, 0.25) is 0 Å². The number of nitrogens with zero attached hydrogens (tertiary/aromatic N) is 3. The van der Waals surface area contributed by atoms with Crippen LogP contribution in [0.3, 0.4) is 0 Å². The molecule has 0 radical (unpaired) electrons. The summed E-state index contributed by atoms with van der Waals surface area (Å²) >= 11 is 0. The largest absolute Gasteiger partial charge is 0.493 e. The zero-order valence-electron chi connectivity index (χ0n) is 19.8. The SMILES string of the molecule is CCN1CCC[C@@H]1CNC(=O)CCCN1C(=O)[C@@H]2Cc3cc(OC)c(OC)cc3CN2C1=O. The molecule has 2 saturated heterocycles. The van der Waals surface area contributed by atoms with Gasteiger partial charge in [-0.25, -0.2) is 4.79 Å². The smallest absolute Gasteiger partial charge is 0.327 e. The van der Waals surface area contributed by atoms with Gasteiger partial charge in [0.15, 0.2) is 11.5 Å². The van der Waals surface area contributed by atoms with E-state index in [1.807, 2.05) is 12.1 Å². The number of rotatable bonds is 9. The third kappa shape index (κ3) is 4.64. The van der Waals surface area contributed by atoms with Crippen molar-refractivity contribution in [3.8, 4) is 11.5 Å². The van der Waals surface area contributed by atoms with Crippen molar-refractivity contribution in [3.63, 3.8) is 0 Å². The molecule has 4 rings (SSSR count). The molecule has 1 aromatic rings. The highest BCUT2D eigenvalue weighted by atomic mass is 16.5. The highest BCUT2D eigenvalue weighted by Crippen LogP contribution is 2.37. The molecule has 9 nitrogen and oxygen atoms in total. The molecule has 2 fully saturated rings. The number of imide groups is 1. The molecule has 0 aliphatic carbocycles. The van der Waals surface area contributed by atoms with Crippen molar-refractivity contribution in [1.29, 1.82) is 0 Å². The summed E-state index contributed by atoms with van der Waals surface area (Å²) in [6, 6.07) is 3.39. The van der Waals surface area contributed by atoms with Crippen LogP contribution in [0.1, 0.15) is 43.7 Å². The Labute approximate surface area is 195 Å². The summed E-state index contributed by atoms with van der Waals surface area (Å²) in [5.41, 5.74) is 1.95. The van der Waals surface area contributed by atoms with Gasteiger partial charge in [-0.3, -0.25) is 19.4 Å². The number of methoxy groups -OCH3 is 2. The van der Waals surface area contributed by atoms with Crippen LogP contribution in [0, 0.1) is 0 Å². The summed E-state index contributed by atoms with van der Waals surface area (Å²) in [5, 5.41) is 3.02. The zero-order valence-corrected chi connectivity index (χ0v) is 19.8. The van der Waals surface area contributed by atoms with Crippen molar-refractivity contribution in [2.45, 2.75) is 57.7 Å². The fourth-order valence-electron chi connectivity index (χ4n) is 5.23. The van der Waals surface area contributed by atoms with Crippen molar-refractivity contribution in [1.82, 2.24) is 20.0 Å². The van der Waals surface area contributed by atoms with Gasteiger partial charge in [0.25, 0.3) is 5.91 Å². The molecule has 0 bridgehead atoms. The Morgan fingerprint density at radius 2 is 1.88 bits per heavy atom. The van der Waals surface area contributed by atoms with E-state index in [0.29, 0.717) is 49.9 Å². The molecular formula is C24H34N4O5. The summed E-state index contributed by atoms with van der Waals surface area (Å²) < 4.78 is 10.8. The number of hydrogen-bond acceptors (Lipinski definition) is 6. The Kier molecular flexibility index (Phi) is 7.07. The number of likely N-dealkylation sites (N-methyl/N-ethyl adjacent to an activating group) is 1. The fraction of sp³-hybridized carbons (Fsp3) is 0.625. The molecule has 180 valence electrons. The minimum absolute atomic E-state index is 0.0265.